The van der Waals surface area contributed by atoms with Gasteiger partial charge in [-0.05, 0) is 46.6 Å². The van der Waals surface area contributed by atoms with Crippen LogP contribution in [0.15, 0.2) is 42.5 Å². The van der Waals surface area contributed by atoms with Crippen LogP contribution in [0.1, 0.15) is 16.2 Å². The van der Waals surface area contributed by atoms with Crippen LogP contribution in [0, 0.1) is 0 Å². The molecule has 182 valence electrons. The zero-order valence-corrected chi connectivity index (χ0v) is 21.9. The van der Waals surface area contributed by atoms with E-state index in [0.717, 1.165) is 16.6 Å². The molecule has 0 saturated carbocycles. The first-order valence-corrected chi connectivity index (χ1v) is 11.9. The quantitative estimate of drug-likeness (QED) is 0.337. The monoisotopic (exact) mass is 499 g/mol. The molecule has 0 atom stereocenters. The number of rotatable bonds is 4. The van der Waals surface area contributed by atoms with Gasteiger partial charge in [0.05, 0.1) is 12.2 Å². The van der Waals surface area contributed by atoms with Crippen LogP contribution in [0.3, 0.4) is 0 Å². The maximum atomic E-state index is 14.1. The highest BCUT2D eigenvalue weighted by atomic mass is 19.4. The van der Waals surface area contributed by atoms with Crippen molar-refractivity contribution in [2.45, 2.75) is 17.0 Å². The average molecular weight is 498 g/mol. The van der Waals surface area contributed by atoms with Crippen molar-refractivity contribution in [3.05, 3.63) is 53.9 Å². The first-order valence-electron chi connectivity index (χ1n) is 11.9. The molecule has 1 amide bonds. The van der Waals surface area contributed by atoms with Crippen LogP contribution < -0.4 is 26.1 Å². The lowest BCUT2D eigenvalue weighted by Crippen LogP contribution is -2.66. The summed E-state index contributed by atoms with van der Waals surface area (Å²) in [6.07, 6.45) is -4.77. The number of hydrogen-bond donors (Lipinski definition) is 0. The van der Waals surface area contributed by atoms with E-state index in [-0.39, 0.29) is 18.3 Å². The molecule has 0 unspecified atom stereocenters. The third-order valence-corrected chi connectivity index (χ3v) is 6.76. The van der Waals surface area contributed by atoms with Crippen LogP contribution in [0.5, 0.6) is 11.5 Å². The lowest BCUT2D eigenvalue weighted by atomic mass is 9.52. The van der Waals surface area contributed by atoms with Gasteiger partial charge < -0.3 is 14.4 Å². The smallest absolute Gasteiger partial charge is 0.492 e. The second kappa shape index (κ2) is 9.29. The fourth-order valence-electron chi connectivity index (χ4n) is 4.72. The number of fused-ring (bicyclic) bond motifs is 1. The van der Waals surface area contributed by atoms with Gasteiger partial charge in [-0.25, -0.2) is 9.97 Å². The Bertz CT molecular complexity index is 1350. The van der Waals surface area contributed by atoms with Crippen molar-refractivity contribution in [1.29, 1.82) is 0 Å². The summed E-state index contributed by atoms with van der Waals surface area (Å²) in [5.41, 5.74) is 4.36. The van der Waals surface area contributed by atoms with Crippen molar-refractivity contribution in [2.75, 3.05) is 6.61 Å². The minimum Gasteiger partial charge on any atom is -0.492 e. The highest BCUT2D eigenvalue weighted by molar-refractivity contribution is 6.55. The number of carbonyl (C=O) groups excluding carboxylic acids is 1. The maximum absolute atomic E-state index is 14.1. The molecule has 0 radical (unpaired) electrons. The third-order valence-electron chi connectivity index (χ3n) is 6.76. The molecule has 1 aliphatic rings. The SMILES string of the molecule is Bc1nc(C(B)(B)N2C(=O)c3cc(-c4ccc(OC(F)(F)F)cc4)ccc3OCC2(B)B)nc(B)c1B. The summed E-state index contributed by atoms with van der Waals surface area (Å²) in [5.74, 6) is 0.411. The Hall–Kier alpha value is -3.17. The third kappa shape index (κ3) is 5.29. The van der Waals surface area contributed by atoms with Gasteiger partial charge in [0.15, 0.2) is 15.7 Å². The van der Waals surface area contributed by atoms with Crippen LogP contribution in [-0.2, 0) is 5.34 Å². The Morgan fingerprint density at radius 1 is 0.946 bits per heavy atom. The lowest BCUT2D eigenvalue weighted by Gasteiger charge is -2.47. The minimum atomic E-state index is -4.77. The van der Waals surface area contributed by atoms with Gasteiger partial charge in [0.1, 0.15) is 56.6 Å². The van der Waals surface area contributed by atoms with Crippen molar-refractivity contribution in [3.63, 3.8) is 0 Å². The fourth-order valence-corrected chi connectivity index (χ4v) is 4.72. The summed E-state index contributed by atoms with van der Waals surface area (Å²) in [6, 6.07) is 10.7. The number of benzene rings is 2. The molecule has 4 rings (SSSR count). The largest absolute Gasteiger partial charge is 0.573 e. The number of aromatic nitrogens is 2. The Labute approximate surface area is 220 Å². The van der Waals surface area contributed by atoms with E-state index in [0.29, 0.717) is 28.3 Å². The number of carbonyl (C=O) groups is 1. The summed E-state index contributed by atoms with van der Waals surface area (Å²) in [7, 11) is 13.5. The van der Waals surface area contributed by atoms with Gasteiger partial charge in [0, 0.05) is 10.7 Å². The van der Waals surface area contributed by atoms with Crippen LogP contribution in [0.2, 0.25) is 0 Å². The first kappa shape index (κ1) is 26.9. The number of hydrogen-bond acceptors (Lipinski definition) is 5. The number of alkyl halides is 3. The fraction of sp³-hybridized carbons (Fsp3) is 0.190. The molecule has 6 nitrogen and oxygen atoms in total. The first-order chi connectivity index (χ1) is 17.1. The Morgan fingerprint density at radius 3 is 2.08 bits per heavy atom. The summed E-state index contributed by atoms with van der Waals surface area (Å²) >= 11 is 0. The van der Waals surface area contributed by atoms with E-state index >= 15 is 0 Å². The minimum absolute atomic E-state index is 0.249. The zero-order valence-electron chi connectivity index (χ0n) is 21.9. The van der Waals surface area contributed by atoms with E-state index in [2.05, 4.69) is 4.74 Å². The molecule has 3 aromatic rings. The summed E-state index contributed by atoms with van der Waals surface area (Å²) in [5, 5.41) is -1.58. The molecule has 0 saturated heterocycles. The molecule has 0 spiro atoms. The average Bonchev–Trinajstić information content (AvgIpc) is 2.89. The summed E-state index contributed by atoms with van der Waals surface area (Å²) < 4.78 is 47.6. The standard InChI is InChI=1S/C21H23B7F3N3O3/c22-14-15(23)32-18(33-16(14)24)20(27,28)34-17(35)12-7-10(3-6-13(12)36-8-19(34,25)26)9-1-4-11(5-2-9)37-21(29,30)31/h1-7H,8,22-28H2. The number of ether oxygens (including phenoxy) is 2. The molecule has 1 aliphatic heterocycles. The van der Waals surface area contributed by atoms with Gasteiger partial charge in [-0.15, -0.1) is 13.2 Å². The molecule has 0 bridgehead atoms. The molecule has 2 aromatic carbocycles. The van der Waals surface area contributed by atoms with Crippen molar-refractivity contribution >= 4 is 77.5 Å². The van der Waals surface area contributed by atoms with Crippen molar-refractivity contribution in [2.24, 2.45) is 0 Å². The molecule has 0 N–H and O–H groups in total. The number of amides is 1. The van der Waals surface area contributed by atoms with Crippen molar-refractivity contribution in [3.8, 4) is 22.6 Å². The molecule has 37 heavy (non-hydrogen) atoms. The molecule has 0 aliphatic carbocycles. The molecular formula is C21H23B7F3N3O3. The number of nitrogens with zero attached hydrogens (tertiary/aromatic N) is 3. The van der Waals surface area contributed by atoms with Gasteiger partial charge >= 0.3 is 6.36 Å². The van der Waals surface area contributed by atoms with Crippen LogP contribution in [-0.4, -0.2) is 94.0 Å². The lowest BCUT2D eigenvalue weighted by molar-refractivity contribution is -0.274. The second-order valence-electron chi connectivity index (χ2n) is 10.4. The van der Waals surface area contributed by atoms with Crippen LogP contribution in [0.4, 0.5) is 13.2 Å². The van der Waals surface area contributed by atoms with E-state index in [1.165, 1.54) is 24.3 Å². The van der Waals surface area contributed by atoms with Crippen molar-refractivity contribution < 1.29 is 27.4 Å². The molecular weight excluding hydrogens is 475 g/mol. The van der Waals surface area contributed by atoms with Crippen LogP contribution >= 0.6 is 0 Å². The normalized spacial score (nSPS) is 15.4. The predicted molar refractivity (Wildman–Crippen MR) is 155 cm³/mol. The van der Waals surface area contributed by atoms with E-state index in [1.54, 1.807) is 23.1 Å². The summed E-state index contributed by atoms with van der Waals surface area (Å²) in [4.78, 5) is 25.4. The van der Waals surface area contributed by atoms with Gasteiger partial charge in [-0.1, -0.05) is 23.7 Å². The van der Waals surface area contributed by atoms with E-state index < -0.39 is 17.0 Å². The van der Waals surface area contributed by atoms with Crippen LogP contribution in [0.25, 0.3) is 11.1 Å². The molecule has 1 aromatic heterocycles. The molecule has 2 heterocycles. The second-order valence-corrected chi connectivity index (χ2v) is 10.4. The molecule has 16 heteroatoms. The predicted octanol–water partition coefficient (Wildman–Crippen LogP) is -5.35. The topological polar surface area (TPSA) is 64.6 Å². The Morgan fingerprint density at radius 2 is 1.51 bits per heavy atom. The van der Waals surface area contributed by atoms with E-state index in [4.69, 9.17) is 14.7 Å². The van der Waals surface area contributed by atoms with E-state index in [1.807, 2.05) is 54.9 Å². The van der Waals surface area contributed by atoms with E-state index in [9.17, 15) is 18.0 Å². The van der Waals surface area contributed by atoms with Gasteiger partial charge in [-0.2, -0.15) is 0 Å². The molecule has 0 fully saturated rings. The Kier molecular flexibility index (Phi) is 6.75. The summed E-state index contributed by atoms with van der Waals surface area (Å²) in [6.45, 7) is 0.252. The highest BCUT2D eigenvalue weighted by Gasteiger charge is 2.46. The van der Waals surface area contributed by atoms with Gasteiger partial charge in [0.2, 0.25) is 0 Å². The number of halogens is 3. The van der Waals surface area contributed by atoms with Crippen molar-refractivity contribution in [1.82, 2.24) is 14.9 Å². The maximum Gasteiger partial charge on any atom is 0.573 e. The van der Waals surface area contributed by atoms with Gasteiger partial charge in [-0.3, -0.25) is 4.79 Å². The zero-order chi connectivity index (χ0) is 27.3. The Balaban J connectivity index is 1.76. The highest BCUT2D eigenvalue weighted by Crippen LogP contribution is 2.36. The van der Waals surface area contributed by atoms with Gasteiger partial charge in [0.25, 0.3) is 5.91 Å².